The molecule has 5 heteroatoms. The lowest BCUT2D eigenvalue weighted by Crippen LogP contribution is -2.40. The molecule has 0 spiro atoms. The van der Waals surface area contributed by atoms with Gasteiger partial charge in [-0.25, -0.2) is 4.39 Å². The average molecular weight is 254 g/mol. The molecule has 0 aliphatic carbocycles. The molecule has 1 aromatic rings. The molecule has 1 rings (SSSR count). The summed E-state index contributed by atoms with van der Waals surface area (Å²) in [4.78, 5) is 11.8. The van der Waals surface area contributed by atoms with Crippen LogP contribution < -0.4 is 15.8 Å². The number of halogens is 1. The van der Waals surface area contributed by atoms with Crippen LogP contribution in [0.5, 0.6) is 5.75 Å². The summed E-state index contributed by atoms with van der Waals surface area (Å²) in [6.45, 7) is 3.88. The number of nitrogens with two attached hydrogens (primary N) is 1. The summed E-state index contributed by atoms with van der Waals surface area (Å²) in [6, 6.07) is 3.56. The van der Waals surface area contributed by atoms with Crippen LogP contribution in [0.4, 0.5) is 10.1 Å². The summed E-state index contributed by atoms with van der Waals surface area (Å²) in [5.74, 6) is -0.572. The molecule has 100 valence electrons. The molecule has 0 aromatic heterocycles. The summed E-state index contributed by atoms with van der Waals surface area (Å²) >= 11 is 0. The van der Waals surface area contributed by atoms with Gasteiger partial charge in [-0.1, -0.05) is 20.3 Å². The van der Waals surface area contributed by atoms with E-state index in [-0.39, 0.29) is 17.6 Å². The molecular formula is C13H19FN2O2. The molecule has 0 aliphatic heterocycles. The topological polar surface area (TPSA) is 64.4 Å². The zero-order chi connectivity index (χ0) is 13.7. The lowest BCUT2D eigenvalue weighted by atomic mass is 9.99. The molecule has 4 nitrogen and oxygen atoms in total. The number of ether oxygens (including phenoxy) is 1. The van der Waals surface area contributed by atoms with Crippen molar-refractivity contribution < 1.29 is 13.9 Å². The van der Waals surface area contributed by atoms with Crippen LogP contribution in [0, 0.1) is 11.7 Å². The summed E-state index contributed by atoms with van der Waals surface area (Å²) < 4.78 is 18.0. The van der Waals surface area contributed by atoms with Gasteiger partial charge in [0.05, 0.1) is 13.2 Å². The molecule has 0 heterocycles. The Balaban J connectivity index is 2.76. The Hall–Kier alpha value is -1.62. The highest BCUT2D eigenvalue weighted by atomic mass is 19.1. The maximum Gasteiger partial charge on any atom is 0.241 e. The molecule has 0 fully saturated rings. The second-order valence-electron chi connectivity index (χ2n) is 4.25. The minimum Gasteiger partial charge on any atom is -0.494 e. The van der Waals surface area contributed by atoms with Crippen molar-refractivity contribution in [3.8, 4) is 5.75 Å². The Morgan fingerprint density at radius 3 is 2.78 bits per heavy atom. The zero-order valence-electron chi connectivity index (χ0n) is 10.9. The number of amides is 1. The van der Waals surface area contributed by atoms with Gasteiger partial charge in [-0.3, -0.25) is 4.79 Å². The highest BCUT2D eigenvalue weighted by Gasteiger charge is 2.19. The Labute approximate surface area is 106 Å². The van der Waals surface area contributed by atoms with Crippen LogP contribution in [-0.4, -0.2) is 19.1 Å². The summed E-state index contributed by atoms with van der Waals surface area (Å²) in [5, 5.41) is 2.65. The van der Waals surface area contributed by atoms with E-state index in [4.69, 9.17) is 10.5 Å². The van der Waals surface area contributed by atoms with Crippen molar-refractivity contribution in [3.05, 3.63) is 24.0 Å². The third-order valence-electron chi connectivity index (χ3n) is 2.98. The standard InChI is InChI=1S/C13H19FN2O2/c1-4-8(2)12(15)13(17)16-9-5-6-10(14)11(7-9)18-3/h5-8,12H,4,15H2,1-3H3,(H,16,17)/t8?,12-/m0/s1. The molecular weight excluding hydrogens is 235 g/mol. The molecule has 0 radical (unpaired) electrons. The first-order valence-corrected chi connectivity index (χ1v) is 5.89. The predicted octanol–water partition coefficient (Wildman–Crippen LogP) is 2.15. The van der Waals surface area contributed by atoms with E-state index in [0.29, 0.717) is 5.69 Å². The first-order valence-electron chi connectivity index (χ1n) is 5.89. The maximum atomic E-state index is 13.2. The SMILES string of the molecule is CCC(C)[C@H](N)C(=O)Nc1ccc(F)c(OC)c1. The summed E-state index contributed by atoms with van der Waals surface area (Å²) in [6.07, 6.45) is 0.821. The van der Waals surface area contributed by atoms with Gasteiger partial charge in [0, 0.05) is 11.8 Å². The predicted molar refractivity (Wildman–Crippen MR) is 69.0 cm³/mol. The van der Waals surface area contributed by atoms with Crippen molar-refractivity contribution in [1.82, 2.24) is 0 Å². The van der Waals surface area contributed by atoms with E-state index in [0.717, 1.165) is 6.42 Å². The molecule has 0 saturated heterocycles. The lowest BCUT2D eigenvalue weighted by molar-refractivity contribution is -0.118. The van der Waals surface area contributed by atoms with E-state index in [1.54, 1.807) is 0 Å². The van der Waals surface area contributed by atoms with Gasteiger partial charge in [0.2, 0.25) is 5.91 Å². The fraction of sp³-hybridized carbons (Fsp3) is 0.462. The average Bonchev–Trinajstić information content (AvgIpc) is 2.38. The number of benzene rings is 1. The van der Waals surface area contributed by atoms with E-state index in [1.807, 2.05) is 13.8 Å². The molecule has 1 amide bonds. The normalized spacial score (nSPS) is 13.8. The molecule has 3 N–H and O–H groups in total. The fourth-order valence-corrected chi connectivity index (χ4v) is 1.48. The smallest absolute Gasteiger partial charge is 0.241 e. The number of anilines is 1. The molecule has 1 aromatic carbocycles. The molecule has 0 saturated carbocycles. The molecule has 1 unspecified atom stereocenters. The second kappa shape index (κ2) is 6.35. The first-order chi connectivity index (χ1) is 8.49. The molecule has 2 atom stereocenters. The number of hydrogen-bond donors (Lipinski definition) is 2. The number of carbonyl (C=O) groups excluding carboxylic acids is 1. The molecule has 0 aliphatic rings. The van der Waals surface area contributed by atoms with Gasteiger partial charge in [-0.15, -0.1) is 0 Å². The summed E-state index contributed by atoms with van der Waals surface area (Å²) in [7, 11) is 1.37. The van der Waals surface area contributed by atoms with Crippen LogP contribution in [0.1, 0.15) is 20.3 Å². The van der Waals surface area contributed by atoms with Crippen LogP contribution in [0.3, 0.4) is 0 Å². The highest BCUT2D eigenvalue weighted by molar-refractivity contribution is 5.95. The van der Waals surface area contributed by atoms with Gasteiger partial charge < -0.3 is 15.8 Å². The van der Waals surface area contributed by atoms with Gasteiger partial charge in [0.15, 0.2) is 11.6 Å². The van der Waals surface area contributed by atoms with E-state index < -0.39 is 11.9 Å². The van der Waals surface area contributed by atoms with Crippen LogP contribution in [0.15, 0.2) is 18.2 Å². The van der Waals surface area contributed by atoms with Crippen molar-refractivity contribution in [2.24, 2.45) is 11.7 Å². The van der Waals surface area contributed by atoms with Crippen molar-refractivity contribution in [1.29, 1.82) is 0 Å². The Kier molecular flexibility index (Phi) is 5.09. The highest BCUT2D eigenvalue weighted by Crippen LogP contribution is 2.21. The number of carbonyl (C=O) groups is 1. The third kappa shape index (κ3) is 3.43. The largest absolute Gasteiger partial charge is 0.494 e. The van der Waals surface area contributed by atoms with Gasteiger partial charge >= 0.3 is 0 Å². The second-order valence-corrected chi connectivity index (χ2v) is 4.25. The van der Waals surface area contributed by atoms with Crippen LogP contribution >= 0.6 is 0 Å². The lowest BCUT2D eigenvalue weighted by Gasteiger charge is -2.18. The van der Waals surface area contributed by atoms with E-state index in [2.05, 4.69) is 5.32 Å². The van der Waals surface area contributed by atoms with Gasteiger partial charge in [0.25, 0.3) is 0 Å². The summed E-state index contributed by atoms with van der Waals surface area (Å²) in [5.41, 5.74) is 6.27. The minimum absolute atomic E-state index is 0.0879. The number of hydrogen-bond acceptors (Lipinski definition) is 3. The quantitative estimate of drug-likeness (QED) is 0.846. The Morgan fingerprint density at radius 1 is 1.56 bits per heavy atom. The van der Waals surface area contributed by atoms with E-state index in [1.165, 1.54) is 25.3 Å². The van der Waals surface area contributed by atoms with E-state index in [9.17, 15) is 9.18 Å². The van der Waals surface area contributed by atoms with Crippen LogP contribution in [0.2, 0.25) is 0 Å². The molecule has 0 bridgehead atoms. The van der Waals surface area contributed by atoms with Crippen molar-refractivity contribution >= 4 is 11.6 Å². The number of rotatable bonds is 5. The van der Waals surface area contributed by atoms with Crippen LogP contribution in [0.25, 0.3) is 0 Å². The Morgan fingerprint density at radius 2 is 2.22 bits per heavy atom. The Bertz CT molecular complexity index is 423. The van der Waals surface area contributed by atoms with Gasteiger partial charge in [-0.05, 0) is 18.1 Å². The first kappa shape index (κ1) is 14.4. The number of nitrogens with one attached hydrogen (secondary N) is 1. The van der Waals surface area contributed by atoms with Crippen molar-refractivity contribution in [2.45, 2.75) is 26.3 Å². The third-order valence-corrected chi connectivity index (χ3v) is 2.98. The minimum atomic E-state index is -0.578. The molecule has 18 heavy (non-hydrogen) atoms. The van der Waals surface area contributed by atoms with E-state index >= 15 is 0 Å². The van der Waals surface area contributed by atoms with Crippen molar-refractivity contribution in [3.63, 3.8) is 0 Å². The number of methoxy groups -OCH3 is 1. The fourth-order valence-electron chi connectivity index (χ4n) is 1.48. The van der Waals surface area contributed by atoms with Gasteiger partial charge in [-0.2, -0.15) is 0 Å². The zero-order valence-corrected chi connectivity index (χ0v) is 10.9. The van der Waals surface area contributed by atoms with Gasteiger partial charge in [0.1, 0.15) is 0 Å². The van der Waals surface area contributed by atoms with Crippen LogP contribution in [-0.2, 0) is 4.79 Å². The maximum absolute atomic E-state index is 13.2. The van der Waals surface area contributed by atoms with Crippen molar-refractivity contribution in [2.75, 3.05) is 12.4 Å². The monoisotopic (exact) mass is 254 g/mol.